The van der Waals surface area contributed by atoms with Crippen molar-refractivity contribution in [2.45, 2.75) is 31.8 Å². The fourth-order valence-corrected chi connectivity index (χ4v) is 6.04. The molecule has 3 N–H and O–H groups in total. The number of carbonyl (C=O) groups is 1. The quantitative estimate of drug-likeness (QED) is 0.247. The third-order valence-electron chi connectivity index (χ3n) is 8.41. The standard InChI is InChI=1S/C34H36N6O3/c1-3-30(42)38-17-15-26(16-18-38)39-19-24(20-39)9-14-29-31(32-33(35)36-22-37-34(32)40(29)23(2)21-41)25-10-12-28(13-11-25)43-27-7-5-4-6-8-27/h3-8,10-13,22-24,26,41H,1,15-21H2,2H3,(H2,35,36,37)/t23-/m1/s1. The SMILES string of the molecule is C=CC(=O)N1CCC(N2CC(C#Cc3c(-c4ccc(Oc5ccccc5)cc4)c4c(N)ncnc4n3[C@H](C)CO)C2)CC1. The third kappa shape index (κ3) is 5.72. The van der Waals surface area contributed by atoms with Crippen LogP contribution in [0.1, 0.15) is 31.5 Å². The highest BCUT2D eigenvalue weighted by Crippen LogP contribution is 2.39. The van der Waals surface area contributed by atoms with Crippen molar-refractivity contribution < 1.29 is 14.6 Å². The molecule has 1 atom stereocenters. The molecule has 0 radical (unpaired) electrons. The second kappa shape index (κ2) is 12.3. The number of fused-ring (bicyclic) bond motifs is 1. The number of amides is 1. The molecule has 9 nitrogen and oxygen atoms in total. The molecule has 0 saturated carbocycles. The number of aliphatic hydroxyl groups excluding tert-OH is 1. The molecule has 2 aliphatic heterocycles. The molecule has 2 saturated heterocycles. The number of benzene rings is 2. The van der Waals surface area contributed by atoms with Crippen LogP contribution in [0.5, 0.6) is 11.5 Å². The van der Waals surface area contributed by atoms with Gasteiger partial charge in [0.15, 0.2) is 0 Å². The zero-order valence-corrected chi connectivity index (χ0v) is 24.3. The van der Waals surface area contributed by atoms with Gasteiger partial charge in [0.05, 0.1) is 18.0 Å². The van der Waals surface area contributed by atoms with Crippen LogP contribution in [0.15, 0.2) is 73.6 Å². The zero-order chi connectivity index (χ0) is 29.9. The van der Waals surface area contributed by atoms with Crippen LogP contribution >= 0.6 is 0 Å². The molecule has 0 spiro atoms. The highest BCUT2D eigenvalue weighted by Gasteiger charge is 2.34. The van der Waals surface area contributed by atoms with Crippen LogP contribution in [0.3, 0.4) is 0 Å². The number of para-hydroxylation sites is 1. The maximum Gasteiger partial charge on any atom is 0.245 e. The number of likely N-dealkylation sites (tertiary alicyclic amines) is 2. The van der Waals surface area contributed by atoms with E-state index >= 15 is 0 Å². The predicted molar refractivity (Wildman–Crippen MR) is 167 cm³/mol. The van der Waals surface area contributed by atoms with Crippen molar-refractivity contribution in [3.8, 4) is 34.5 Å². The fourth-order valence-electron chi connectivity index (χ4n) is 6.04. The Balaban J connectivity index is 1.29. The van der Waals surface area contributed by atoms with Crippen molar-refractivity contribution in [2.24, 2.45) is 5.92 Å². The Kier molecular flexibility index (Phi) is 8.14. The number of hydrogen-bond acceptors (Lipinski definition) is 7. The second-order valence-electron chi connectivity index (χ2n) is 11.2. The molecule has 220 valence electrons. The molecule has 0 bridgehead atoms. The lowest BCUT2D eigenvalue weighted by molar-refractivity contribution is -0.127. The van der Waals surface area contributed by atoms with Gasteiger partial charge in [0.25, 0.3) is 0 Å². The van der Waals surface area contributed by atoms with Gasteiger partial charge in [-0.05, 0) is 61.6 Å². The molecule has 0 aliphatic carbocycles. The largest absolute Gasteiger partial charge is 0.457 e. The lowest BCUT2D eigenvalue weighted by Crippen LogP contribution is -2.55. The normalized spacial score (nSPS) is 16.7. The van der Waals surface area contributed by atoms with Gasteiger partial charge < -0.3 is 25.0 Å². The minimum Gasteiger partial charge on any atom is -0.457 e. The Morgan fingerprint density at radius 2 is 1.81 bits per heavy atom. The Bertz CT molecular complexity index is 1670. The van der Waals surface area contributed by atoms with Gasteiger partial charge in [-0.2, -0.15) is 0 Å². The zero-order valence-electron chi connectivity index (χ0n) is 24.3. The summed E-state index contributed by atoms with van der Waals surface area (Å²) in [6, 6.07) is 17.7. The molecule has 2 aliphatic rings. The van der Waals surface area contributed by atoms with Crippen molar-refractivity contribution in [1.82, 2.24) is 24.3 Å². The smallest absolute Gasteiger partial charge is 0.245 e. The van der Waals surface area contributed by atoms with E-state index in [4.69, 9.17) is 10.5 Å². The molecule has 4 heterocycles. The van der Waals surface area contributed by atoms with Crippen LogP contribution in [-0.4, -0.2) is 74.2 Å². The summed E-state index contributed by atoms with van der Waals surface area (Å²) in [5.74, 6) is 9.07. The van der Waals surface area contributed by atoms with Gasteiger partial charge in [0.1, 0.15) is 35.0 Å². The predicted octanol–water partition coefficient (Wildman–Crippen LogP) is 4.49. The van der Waals surface area contributed by atoms with E-state index in [1.807, 2.05) is 71.0 Å². The van der Waals surface area contributed by atoms with E-state index in [1.54, 1.807) is 0 Å². The Hall–Kier alpha value is -4.65. The number of nitrogens with two attached hydrogens (primary N) is 1. The van der Waals surface area contributed by atoms with E-state index in [1.165, 1.54) is 12.4 Å². The lowest BCUT2D eigenvalue weighted by Gasteiger charge is -2.45. The van der Waals surface area contributed by atoms with Crippen LogP contribution in [0.2, 0.25) is 0 Å². The highest BCUT2D eigenvalue weighted by molar-refractivity contribution is 6.03. The first-order valence-corrected chi connectivity index (χ1v) is 14.7. The fraction of sp³-hybridized carbons (Fsp3) is 0.324. The molecular weight excluding hydrogens is 540 g/mol. The van der Waals surface area contributed by atoms with Crippen LogP contribution in [0.25, 0.3) is 22.2 Å². The van der Waals surface area contributed by atoms with E-state index in [0.717, 1.165) is 67.0 Å². The summed E-state index contributed by atoms with van der Waals surface area (Å²) < 4.78 is 7.99. The van der Waals surface area contributed by atoms with Crippen molar-refractivity contribution in [2.75, 3.05) is 38.5 Å². The number of rotatable bonds is 7. The first kappa shape index (κ1) is 28.5. The van der Waals surface area contributed by atoms with Crippen molar-refractivity contribution in [1.29, 1.82) is 0 Å². The monoisotopic (exact) mass is 576 g/mol. The van der Waals surface area contributed by atoms with Crippen LogP contribution in [0, 0.1) is 17.8 Å². The maximum absolute atomic E-state index is 11.9. The summed E-state index contributed by atoms with van der Waals surface area (Å²) in [4.78, 5) is 25.2. The molecular formula is C34H36N6O3. The van der Waals surface area contributed by atoms with Gasteiger partial charge in [0.2, 0.25) is 5.91 Å². The van der Waals surface area contributed by atoms with Gasteiger partial charge in [-0.15, -0.1) is 0 Å². The van der Waals surface area contributed by atoms with Crippen LogP contribution < -0.4 is 10.5 Å². The molecule has 43 heavy (non-hydrogen) atoms. The summed E-state index contributed by atoms with van der Waals surface area (Å²) >= 11 is 0. The minimum absolute atomic E-state index is 0.0118. The molecule has 2 fully saturated rings. The van der Waals surface area contributed by atoms with Crippen molar-refractivity contribution in [3.63, 3.8) is 0 Å². The molecule has 2 aromatic heterocycles. The van der Waals surface area contributed by atoms with Gasteiger partial charge in [0, 0.05) is 43.7 Å². The number of anilines is 1. The summed E-state index contributed by atoms with van der Waals surface area (Å²) in [5.41, 5.74) is 9.61. The number of hydrogen-bond donors (Lipinski definition) is 2. The first-order chi connectivity index (χ1) is 21.0. The lowest BCUT2D eigenvalue weighted by atomic mass is 9.93. The average molecular weight is 577 g/mol. The summed E-state index contributed by atoms with van der Waals surface area (Å²) in [7, 11) is 0. The van der Waals surface area contributed by atoms with Gasteiger partial charge in [-0.3, -0.25) is 9.69 Å². The average Bonchev–Trinajstić information content (AvgIpc) is 3.36. The second-order valence-corrected chi connectivity index (χ2v) is 11.2. The van der Waals surface area contributed by atoms with E-state index in [-0.39, 0.29) is 24.5 Å². The highest BCUT2D eigenvalue weighted by atomic mass is 16.5. The summed E-state index contributed by atoms with van der Waals surface area (Å²) in [6.07, 6.45) is 4.78. The van der Waals surface area contributed by atoms with Crippen molar-refractivity contribution in [3.05, 3.63) is 79.3 Å². The Morgan fingerprint density at radius 3 is 2.49 bits per heavy atom. The Morgan fingerprint density at radius 1 is 1.12 bits per heavy atom. The first-order valence-electron chi connectivity index (χ1n) is 14.7. The van der Waals surface area contributed by atoms with Gasteiger partial charge >= 0.3 is 0 Å². The number of piperidine rings is 1. The van der Waals surface area contributed by atoms with Crippen molar-refractivity contribution >= 4 is 22.8 Å². The van der Waals surface area contributed by atoms with Crippen LogP contribution in [-0.2, 0) is 4.79 Å². The number of nitrogen functional groups attached to an aromatic ring is 1. The number of aliphatic hydroxyl groups is 1. The number of ether oxygens (including phenoxy) is 1. The topological polar surface area (TPSA) is 110 Å². The molecule has 4 aromatic rings. The summed E-state index contributed by atoms with van der Waals surface area (Å²) in [5, 5.41) is 10.9. The minimum atomic E-state index is -0.267. The van der Waals surface area contributed by atoms with E-state index in [2.05, 4.69) is 33.3 Å². The molecule has 0 unspecified atom stereocenters. The molecule has 2 aromatic carbocycles. The number of aromatic nitrogens is 3. The molecule has 9 heteroatoms. The van der Waals surface area contributed by atoms with Crippen LogP contribution in [0.4, 0.5) is 5.82 Å². The van der Waals surface area contributed by atoms with E-state index in [0.29, 0.717) is 23.3 Å². The summed E-state index contributed by atoms with van der Waals surface area (Å²) in [6.45, 7) is 8.80. The Labute approximate surface area is 251 Å². The molecule has 6 rings (SSSR count). The van der Waals surface area contributed by atoms with E-state index in [9.17, 15) is 9.90 Å². The van der Waals surface area contributed by atoms with E-state index < -0.39 is 0 Å². The number of carbonyl (C=O) groups excluding carboxylic acids is 1. The molecule has 1 amide bonds. The van der Waals surface area contributed by atoms with Gasteiger partial charge in [-0.25, -0.2) is 9.97 Å². The third-order valence-corrected chi connectivity index (χ3v) is 8.41. The van der Waals surface area contributed by atoms with Gasteiger partial charge in [-0.1, -0.05) is 42.8 Å². The maximum atomic E-state index is 11.9. The number of nitrogens with zero attached hydrogens (tertiary/aromatic N) is 5.